The first-order valence-electron chi connectivity index (χ1n) is 6.36. The molecular formula is C13H20N4O2. The highest BCUT2D eigenvalue weighted by molar-refractivity contribution is 5.69. The van der Waals surface area contributed by atoms with Crippen LogP contribution in [0.15, 0.2) is 6.20 Å². The molecule has 1 atom stereocenters. The van der Waals surface area contributed by atoms with E-state index in [1.165, 1.54) is 0 Å². The standard InChI is InChI=1S/C13H20N4O2/c1-8-5-9-6-15-11(14)16-10(9)7-17(8)12(18)19-13(2,3)4/h6,8H,5,7H2,1-4H3,(H2,14,15,16). The van der Waals surface area contributed by atoms with Crippen LogP contribution >= 0.6 is 0 Å². The molecule has 0 bridgehead atoms. The van der Waals surface area contributed by atoms with Gasteiger partial charge in [-0.15, -0.1) is 0 Å². The largest absolute Gasteiger partial charge is 0.444 e. The molecule has 1 aliphatic rings. The lowest BCUT2D eigenvalue weighted by atomic mass is 10.0. The lowest BCUT2D eigenvalue weighted by Gasteiger charge is -2.35. The number of nitrogens with two attached hydrogens (primary N) is 1. The summed E-state index contributed by atoms with van der Waals surface area (Å²) >= 11 is 0. The van der Waals surface area contributed by atoms with E-state index in [1.807, 2.05) is 27.7 Å². The summed E-state index contributed by atoms with van der Waals surface area (Å²) in [6.45, 7) is 7.97. The first-order valence-corrected chi connectivity index (χ1v) is 6.36. The number of nitrogens with zero attached hydrogens (tertiary/aromatic N) is 3. The lowest BCUT2D eigenvalue weighted by molar-refractivity contribution is 0.0134. The fraction of sp³-hybridized carbons (Fsp3) is 0.615. The summed E-state index contributed by atoms with van der Waals surface area (Å²) in [5.41, 5.74) is 6.93. The van der Waals surface area contributed by atoms with Gasteiger partial charge in [-0.3, -0.25) is 4.90 Å². The molecule has 2 rings (SSSR count). The average molecular weight is 264 g/mol. The number of rotatable bonds is 0. The Morgan fingerprint density at radius 2 is 2.21 bits per heavy atom. The smallest absolute Gasteiger partial charge is 0.410 e. The Morgan fingerprint density at radius 3 is 2.84 bits per heavy atom. The van der Waals surface area contributed by atoms with Crippen molar-refractivity contribution in [2.24, 2.45) is 0 Å². The van der Waals surface area contributed by atoms with Gasteiger partial charge < -0.3 is 10.5 Å². The van der Waals surface area contributed by atoms with E-state index in [-0.39, 0.29) is 18.1 Å². The van der Waals surface area contributed by atoms with E-state index >= 15 is 0 Å². The SMILES string of the molecule is CC1Cc2cnc(N)nc2CN1C(=O)OC(C)(C)C. The van der Waals surface area contributed by atoms with E-state index in [0.717, 1.165) is 17.7 Å². The van der Waals surface area contributed by atoms with E-state index in [2.05, 4.69) is 9.97 Å². The zero-order valence-corrected chi connectivity index (χ0v) is 11.8. The molecule has 1 aromatic rings. The van der Waals surface area contributed by atoms with Gasteiger partial charge in [0.15, 0.2) is 0 Å². The van der Waals surface area contributed by atoms with Gasteiger partial charge in [-0.05, 0) is 39.7 Å². The summed E-state index contributed by atoms with van der Waals surface area (Å²) in [4.78, 5) is 22.0. The van der Waals surface area contributed by atoms with Crippen molar-refractivity contribution in [3.8, 4) is 0 Å². The van der Waals surface area contributed by atoms with Gasteiger partial charge in [-0.2, -0.15) is 0 Å². The maximum atomic E-state index is 12.1. The Balaban J connectivity index is 2.19. The fourth-order valence-corrected chi connectivity index (χ4v) is 2.08. The molecule has 6 nitrogen and oxygen atoms in total. The number of aromatic nitrogens is 2. The van der Waals surface area contributed by atoms with Crippen LogP contribution in [0.3, 0.4) is 0 Å². The van der Waals surface area contributed by atoms with Gasteiger partial charge in [0.25, 0.3) is 0 Å². The van der Waals surface area contributed by atoms with Crippen molar-refractivity contribution in [2.45, 2.75) is 52.3 Å². The summed E-state index contributed by atoms with van der Waals surface area (Å²) < 4.78 is 5.41. The molecule has 0 spiro atoms. The third-order valence-corrected chi connectivity index (χ3v) is 2.97. The monoisotopic (exact) mass is 264 g/mol. The van der Waals surface area contributed by atoms with Gasteiger partial charge in [-0.25, -0.2) is 14.8 Å². The number of hydrogen-bond donors (Lipinski definition) is 1. The number of anilines is 1. The summed E-state index contributed by atoms with van der Waals surface area (Å²) in [7, 11) is 0. The average Bonchev–Trinajstić information content (AvgIpc) is 2.26. The second-order valence-corrected chi connectivity index (χ2v) is 5.86. The number of nitrogen functional groups attached to an aromatic ring is 1. The number of carbonyl (C=O) groups is 1. The molecule has 0 radical (unpaired) electrons. The Hall–Kier alpha value is -1.85. The summed E-state index contributed by atoms with van der Waals surface area (Å²) in [6, 6.07) is 0.0644. The van der Waals surface area contributed by atoms with E-state index < -0.39 is 5.60 Å². The maximum Gasteiger partial charge on any atom is 0.410 e. The third kappa shape index (κ3) is 3.13. The van der Waals surface area contributed by atoms with Gasteiger partial charge >= 0.3 is 6.09 Å². The molecular weight excluding hydrogens is 244 g/mol. The lowest BCUT2D eigenvalue weighted by Crippen LogP contribution is -2.45. The van der Waals surface area contributed by atoms with Crippen LogP contribution in [0.25, 0.3) is 0 Å². The van der Waals surface area contributed by atoms with Crippen molar-refractivity contribution in [3.63, 3.8) is 0 Å². The molecule has 0 aromatic carbocycles. The van der Waals surface area contributed by atoms with Crippen molar-refractivity contribution >= 4 is 12.0 Å². The molecule has 2 N–H and O–H groups in total. The molecule has 1 unspecified atom stereocenters. The third-order valence-electron chi connectivity index (χ3n) is 2.97. The summed E-state index contributed by atoms with van der Waals surface area (Å²) in [5, 5.41) is 0. The number of ether oxygens (including phenoxy) is 1. The minimum absolute atomic E-state index is 0.0644. The Bertz CT molecular complexity index is 496. The number of hydrogen-bond acceptors (Lipinski definition) is 5. The molecule has 104 valence electrons. The Kier molecular flexibility index (Phi) is 3.34. The minimum Gasteiger partial charge on any atom is -0.444 e. The normalized spacial score (nSPS) is 18.9. The van der Waals surface area contributed by atoms with Crippen molar-refractivity contribution < 1.29 is 9.53 Å². The number of fused-ring (bicyclic) bond motifs is 1. The van der Waals surface area contributed by atoms with Crippen LogP contribution in [-0.4, -0.2) is 32.6 Å². The van der Waals surface area contributed by atoms with Crippen LogP contribution in [0.2, 0.25) is 0 Å². The van der Waals surface area contributed by atoms with Crippen molar-refractivity contribution in [3.05, 3.63) is 17.5 Å². The van der Waals surface area contributed by atoms with Crippen LogP contribution in [0.4, 0.5) is 10.7 Å². The van der Waals surface area contributed by atoms with Crippen LogP contribution in [0.1, 0.15) is 39.0 Å². The highest BCUT2D eigenvalue weighted by Crippen LogP contribution is 2.23. The number of amides is 1. The Morgan fingerprint density at radius 1 is 1.53 bits per heavy atom. The van der Waals surface area contributed by atoms with Crippen LogP contribution in [0, 0.1) is 0 Å². The molecule has 2 heterocycles. The van der Waals surface area contributed by atoms with Crippen molar-refractivity contribution in [1.82, 2.24) is 14.9 Å². The predicted octanol–water partition coefficient (Wildman–Crippen LogP) is 1.74. The molecule has 0 saturated heterocycles. The highest BCUT2D eigenvalue weighted by Gasteiger charge is 2.31. The van der Waals surface area contributed by atoms with Crippen LogP contribution in [-0.2, 0) is 17.7 Å². The molecule has 1 aromatic heterocycles. The molecule has 0 fully saturated rings. The topological polar surface area (TPSA) is 81.3 Å². The van der Waals surface area contributed by atoms with Crippen LogP contribution in [0.5, 0.6) is 0 Å². The van der Waals surface area contributed by atoms with Crippen molar-refractivity contribution in [1.29, 1.82) is 0 Å². The first-order chi connectivity index (χ1) is 8.76. The molecule has 19 heavy (non-hydrogen) atoms. The Labute approximate surface area is 113 Å². The maximum absolute atomic E-state index is 12.1. The number of carbonyl (C=O) groups excluding carboxylic acids is 1. The summed E-state index contributed by atoms with van der Waals surface area (Å²) in [5.74, 6) is 0.234. The van der Waals surface area contributed by atoms with E-state index in [9.17, 15) is 4.79 Å². The van der Waals surface area contributed by atoms with Gasteiger partial charge in [0.2, 0.25) is 5.95 Å². The first kappa shape index (κ1) is 13.6. The quantitative estimate of drug-likeness (QED) is 0.772. The fourth-order valence-electron chi connectivity index (χ4n) is 2.08. The predicted molar refractivity (Wildman–Crippen MR) is 71.4 cm³/mol. The zero-order valence-electron chi connectivity index (χ0n) is 11.8. The van der Waals surface area contributed by atoms with Gasteiger partial charge in [0.1, 0.15) is 5.60 Å². The van der Waals surface area contributed by atoms with E-state index in [1.54, 1.807) is 11.1 Å². The molecule has 1 aliphatic heterocycles. The van der Waals surface area contributed by atoms with Crippen LogP contribution < -0.4 is 5.73 Å². The second-order valence-electron chi connectivity index (χ2n) is 5.86. The van der Waals surface area contributed by atoms with E-state index in [4.69, 9.17) is 10.5 Å². The van der Waals surface area contributed by atoms with Gasteiger partial charge in [0, 0.05) is 12.2 Å². The molecule has 1 amide bonds. The second kappa shape index (κ2) is 4.68. The molecule has 0 aliphatic carbocycles. The molecule has 6 heteroatoms. The minimum atomic E-state index is -0.498. The zero-order chi connectivity index (χ0) is 14.2. The van der Waals surface area contributed by atoms with Crippen molar-refractivity contribution in [2.75, 3.05) is 5.73 Å². The summed E-state index contributed by atoms with van der Waals surface area (Å²) in [6.07, 6.45) is 2.14. The van der Waals surface area contributed by atoms with Gasteiger partial charge in [0.05, 0.1) is 12.2 Å². The molecule has 0 saturated carbocycles. The van der Waals surface area contributed by atoms with Gasteiger partial charge in [-0.1, -0.05) is 0 Å². The highest BCUT2D eigenvalue weighted by atomic mass is 16.6. The van der Waals surface area contributed by atoms with E-state index in [0.29, 0.717) is 6.54 Å².